The molecule has 1 saturated carbocycles. The second kappa shape index (κ2) is 9.03. The number of ether oxygens (including phenoxy) is 1. The number of hydrogen-bond donors (Lipinski definition) is 2. The van der Waals surface area contributed by atoms with Crippen LogP contribution in [-0.4, -0.2) is 48.5 Å². The molecule has 0 unspecified atom stereocenters. The van der Waals surface area contributed by atoms with Gasteiger partial charge in [0.2, 0.25) is 11.8 Å². The van der Waals surface area contributed by atoms with Gasteiger partial charge in [-0.1, -0.05) is 25.0 Å². The van der Waals surface area contributed by atoms with Crippen molar-refractivity contribution in [2.24, 2.45) is 0 Å². The van der Waals surface area contributed by atoms with Crippen molar-refractivity contribution in [3.8, 4) is 5.75 Å². The predicted molar refractivity (Wildman–Crippen MR) is 99.8 cm³/mol. The fraction of sp³-hybridized carbons (Fsp3) is 0.600. The Morgan fingerprint density at radius 2 is 2.00 bits per heavy atom. The van der Waals surface area contributed by atoms with Crippen molar-refractivity contribution in [2.75, 3.05) is 19.7 Å². The Kier molecular flexibility index (Phi) is 6.50. The minimum atomic E-state index is -0.406. The topological polar surface area (TPSA) is 70.7 Å². The third-order valence-corrected chi connectivity index (χ3v) is 5.16. The van der Waals surface area contributed by atoms with E-state index < -0.39 is 6.04 Å². The molecule has 26 heavy (non-hydrogen) atoms. The van der Waals surface area contributed by atoms with Gasteiger partial charge in [0.05, 0.1) is 19.1 Å². The van der Waals surface area contributed by atoms with Crippen molar-refractivity contribution in [1.29, 1.82) is 0 Å². The van der Waals surface area contributed by atoms with Gasteiger partial charge in [0.1, 0.15) is 5.75 Å². The molecule has 3 rings (SSSR count). The van der Waals surface area contributed by atoms with Crippen molar-refractivity contribution in [3.05, 3.63) is 29.8 Å². The van der Waals surface area contributed by atoms with Gasteiger partial charge in [0, 0.05) is 25.7 Å². The first kappa shape index (κ1) is 18.7. The summed E-state index contributed by atoms with van der Waals surface area (Å²) in [6.07, 6.45) is 4.69. The van der Waals surface area contributed by atoms with Crippen LogP contribution in [0.1, 0.15) is 44.6 Å². The average molecular weight is 359 g/mol. The van der Waals surface area contributed by atoms with E-state index in [4.69, 9.17) is 4.74 Å². The van der Waals surface area contributed by atoms with E-state index in [1.807, 2.05) is 31.2 Å². The van der Waals surface area contributed by atoms with Crippen molar-refractivity contribution in [2.45, 2.75) is 57.7 Å². The van der Waals surface area contributed by atoms with Crippen LogP contribution >= 0.6 is 0 Å². The molecule has 1 aromatic carbocycles. The van der Waals surface area contributed by atoms with Gasteiger partial charge in [-0.2, -0.15) is 0 Å². The highest BCUT2D eigenvalue weighted by atomic mass is 16.5. The van der Waals surface area contributed by atoms with Gasteiger partial charge in [-0.25, -0.2) is 0 Å². The molecule has 1 heterocycles. The molecular weight excluding hydrogens is 330 g/mol. The molecule has 2 aliphatic rings. The van der Waals surface area contributed by atoms with Gasteiger partial charge >= 0.3 is 0 Å². The van der Waals surface area contributed by atoms with E-state index in [0.717, 1.165) is 30.7 Å². The Morgan fingerprint density at radius 1 is 1.27 bits per heavy atom. The standard InChI is InChI=1S/C20H29N3O3/c1-2-26-17-9-7-15(8-10-17)14-23-12-11-21-20(25)18(23)13-19(24)22-16-5-3-4-6-16/h7-10,16,18H,2-6,11-14H2,1H3,(H,21,25)(H,22,24)/t18-/m0/s1. The molecule has 6 nitrogen and oxygen atoms in total. The zero-order valence-corrected chi connectivity index (χ0v) is 15.5. The van der Waals surface area contributed by atoms with Crippen LogP contribution in [0, 0.1) is 0 Å². The van der Waals surface area contributed by atoms with Gasteiger partial charge in [-0.3, -0.25) is 14.5 Å². The van der Waals surface area contributed by atoms with Gasteiger partial charge in [0.15, 0.2) is 0 Å². The summed E-state index contributed by atoms with van der Waals surface area (Å²) < 4.78 is 5.47. The van der Waals surface area contributed by atoms with Crippen LogP contribution in [0.25, 0.3) is 0 Å². The lowest BCUT2D eigenvalue weighted by atomic mass is 10.1. The van der Waals surface area contributed by atoms with E-state index in [-0.39, 0.29) is 24.3 Å². The molecule has 0 radical (unpaired) electrons. The van der Waals surface area contributed by atoms with E-state index in [0.29, 0.717) is 19.7 Å². The fourth-order valence-corrected chi connectivity index (χ4v) is 3.80. The lowest BCUT2D eigenvalue weighted by Crippen LogP contribution is -2.56. The van der Waals surface area contributed by atoms with Crippen LogP contribution in [0.2, 0.25) is 0 Å². The van der Waals surface area contributed by atoms with Crippen LogP contribution in [0.4, 0.5) is 0 Å². The normalized spacial score (nSPS) is 21.4. The second-order valence-electron chi connectivity index (χ2n) is 7.11. The Bertz CT molecular complexity index is 611. The van der Waals surface area contributed by atoms with E-state index in [2.05, 4.69) is 15.5 Å². The first-order valence-corrected chi connectivity index (χ1v) is 9.68. The highest BCUT2D eigenvalue weighted by molar-refractivity contribution is 5.88. The summed E-state index contributed by atoms with van der Waals surface area (Å²) in [5.41, 5.74) is 1.12. The van der Waals surface area contributed by atoms with Crippen molar-refractivity contribution >= 4 is 11.8 Å². The average Bonchev–Trinajstić information content (AvgIpc) is 3.13. The molecule has 2 fully saturated rings. The summed E-state index contributed by atoms with van der Waals surface area (Å²) in [4.78, 5) is 26.8. The predicted octanol–water partition coefficient (Wildman–Crippen LogP) is 1.83. The molecule has 1 aliphatic heterocycles. The van der Waals surface area contributed by atoms with Crippen LogP contribution < -0.4 is 15.4 Å². The minimum absolute atomic E-state index is 0.0179. The van der Waals surface area contributed by atoms with Gasteiger partial charge < -0.3 is 15.4 Å². The Balaban J connectivity index is 1.59. The number of carbonyl (C=O) groups excluding carboxylic acids is 2. The molecule has 0 spiro atoms. The highest BCUT2D eigenvalue weighted by Crippen LogP contribution is 2.19. The smallest absolute Gasteiger partial charge is 0.237 e. The maximum Gasteiger partial charge on any atom is 0.237 e. The van der Waals surface area contributed by atoms with E-state index in [1.54, 1.807) is 0 Å². The second-order valence-corrected chi connectivity index (χ2v) is 7.11. The first-order chi connectivity index (χ1) is 12.7. The van der Waals surface area contributed by atoms with Crippen LogP contribution in [0.3, 0.4) is 0 Å². The first-order valence-electron chi connectivity index (χ1n) is 9.68. The quantitative estimate of drug-likeness (QED) is 0.779. The van der Waals surface area contributed by atoms with Gasteiger partial charge in [-0.15, -0.1) is 0 Å². The van der Waals surface area contributed by atoms with E-state index in [1.165, 1.54) is 12.8 Å². The molecule has 0 bridgehead atoms. The molecule has 1 atom stereocenters. The number of amides is 2. The van der Waals surface area contributed by atoms with E-state index in [9.17, 15) is 9.59 Å². The number of hydrogen-bond acceptors (Lipinski definition) is 4. The number of piperazine rings is 1. The highest BCUT2D eigenvalue weighted by Gasteiger charge is 2.32. The number of nitrogens with zero attached hydrogens (tertiary/aromatic N) is 1. The number of nitrogens with one attached hydrogen (secondary N) is 2. The summed E-state index contributed by atoms with van der Waals surface area (Å²) in [7, 11) is 0. The molecule has 1 aromatic rings. The summed E-state index contributed by atoms with van der Waals surface area (Å²) >= 11 is 0. The number of benzene rings is 1. The van der Waals surface area contributed by atoms with Gasteiger partial charge in [0.25, 0.3) is 0 Å². The van der Waals surface area contributed by atoms with Crippen molar-refractivity contribution < 1.29 is 14.3 Å². The SMILES string of the molecule is CCOc1ccc(CN2CCNC(=O)[C@@H]2CC(=O)NC2CCCC2)cc1. The van der Waals surface area contributed by atoms with E-state index >= 15 is 0 Å². The molecule has 6 heteroatoms. The third-order valence-electron chi connectivity index (χ3n) is 5.16. The summed E-state index contributed by atoms with van der Waals surface area (Å²) in [6.45, 7) is 4.63. The van der Waals surface area contributed by atoms with Crippen LogP contribution in [0.15, 0.2) is 24.3 Å². The van der Waals surface area contributed by atoms with Gasteiger partial charge in [-0.05, 0) is 37.5 Å². The summed E-state index contributed by atoms with van der Waals surface area (Å²) in [5.74, 6) is 0.777. The maximum atomic E-state index is 12.4. The lowest BCUT2D eigenvalue weighted by Gasteiger charge is -2.35. The monoisotopic (exact) mass is 359 g/mol. The number of rotatable bonds is 7. The Hall–Kier alpha value is -2.08. The molecule has 2 N–H and O–H groups in total. The molecule has 1 aliphatic carbocycles. The Morgan fingerprint density at radius 3 is 2.69 bits per heavy atom. The number of carbonyl (C=O) groups is 2. The third kappa shape index (κ3) is 4.97. The molecule has 2 amide bonds. The molecular formula is C20H29N3O3. The largest absolute Gasteiger partial charge is 0.494 e. The maximum absolute atomic E-state index is 12.4. The summed E-state index contributed by atoms with van der Waals surface area (Å²) in [6, 6.07) is 7.82. The minimum Gasteiger partial charge on any atom is -0.494 e. The molecule has 142 valence electrons. The zero-order valence-electron chi connectivity index (χ0n) is 15.5. The molecule has 1 saturated heterocycles. The Labute approximate surface area is 155 Å². The lowest BCUT2D eigenvalue weighted by molar-refractivity contribution is -0.134. The van der Waals surface area contributed by atoms with Crippen molar-refractivity contribution in [1.82, 2.24) is 15.5 Å². The fourth-order valence-electron chi connectivity index (χ4n) is 3.80. The van der Waals surface area contributed by atoms with Crippen LogP contribution in [0.5, 0.6) is 5.75 Å². The zero-order chi connectivity index (χ0) is 18.4. The van der Waals surface area contributed by atoms with Crippen LogP contribution in [-0.2, 0) is 16.1 Å². The van der Waals surface area contributed by atoms with Crippen molar-refractivity contribution in [3.63, 3.8) is 0 Å². The summed E-state index contributed by atoms with van der Waals surface area (Å²) in [5, 5.41) is 5.98. The molecule has 0 aromatic heterocycles.